The number of primary amides is 1. The van der Waals surface area contributed by atoms with Crippen molar-refractivity contribution < 1.29 is 9.59 Å². The highest BCUT2D eigenvalue weighted by Crippen LogP contribution is 2.23. The maximum Gasteiger partial charge on any atom is 0.254 e. The van der Waals surface area contributed by atoms with Gasteiger partial charge in [-0.3, -0.25) is 9.59 Å². The highest BCUT2D eigenvalue weighted by atomic mass is 16.2. The van der Waals surface area contributed by atoms with Crippen molar-refractivity contribution >= 4 is 11.8 Å². The van der Waals surface area contributed by atoms with Crippen LogP contribution in [0.1, 0.15) is 54.2 Å². The molecule has 2 amide bonds. The van der Waals surface area contributed by atoms with Crippen molar-refractivity contribution in [2.45, 2.75) is 39.5 Å². The average molecular weight is 328 g/mol. The zero-order valence-corrected chi connectivity index (χ0v) is 14.4. The highest BCUT2D eigenvalue weighted by molar-refractivity contribution is 5.95. The first-order chi connectivity index (χ1) is 11.4. The van der Waals surface area contributed by atoms with Crippen molar-refractivity contribution in [3.8, 4) is 5.69 Å². The second kappa shape index (κ2) is 7.77. The van der Waals surface area contributed by atoms with Gasteiger partial charge in [0.15, 0.2) is 0 Å². The molecule has 0 fully saturated rings. The number of amides is 2. The van der Waals surface area contributed by atoms with E-state index in [1.807, 2.05) is 49.7 Å². The Balaban J connectivity index is 2.20. The molecule has 0 aliphatic carbocycles. The predicted octanol–water partition coefficient (Wildman–Crippen LogP) is 2.30. The minimum atomic E-state index is -0.362. The van der Waals surface area contributed by atoms with Crippen LogP contribution < -0.4 is 11.1 Å². The normalized spacial score (nSPS) is 10.8. The standard InChI is InChI=1S/C18H24N4O2/c1-12(2)17-15(18(24)20-10-4-5-16(19)23)11-21-22(17)14-8-6-13(3)7-9-14/h6-9,11-12H,4-5,10H2,1-3H3,(H2,19,23)(H,20,24). The lowest BCUT2D eigenvalue weighted by molar-refractivity contribution is -0.118. The zero-order valence-electron chi connectivity index (χ0n) is 14.4. The molecule has 2 rings (SSSR count). The smallest absolute Gasteiger partial charge is 0.254 e. The van der Waals surface area contributed by atoms with E-state index in [1.165, 1.54) is 5.56 Å². The second-order valence-electron chi connectivity index (χ2n) is 6.17. The van der Waals surface area contributed by atoms with Crippen LogP contribution in [0.4, 0.5) is 0 Å². The Labute approximate surface area is 142 Å². The van der Waals surface area contributed by atoms with Gasteiger partial charge in [0.1, 0.15) is 0 Å². The first kappa shape index (κ1) is 17.7. The maximum absolute atomic E-state index is 12.4. The summed E-state index contributed by atoms with van der Waals surface area (Å²) in [6.45, 7) is 6.51. The minimum Gasteiger partial charge on any atom is -0.370 e. The fourth-order valence-electron chi connectivity index (χ4n) is 2.54. The molecule has 3 N–H and O–H groups in total. The van der Waals surface area contributed by atoms with Crippen LogP contribution in [-0.2, 0) is 4.79 Å². The summed E-state index contributed by atoms with van der Waals surface area (Å²) in [5.74, 6) is -0.402. The van der Waals surface area contributed by atoms with Gasteiger partial charge in [0, 0.05) is 13.0 Å². The van der Waals surface area contributed by atoms with Crippen molar-refractivity contribution in [1.29, 1.82) is 0 Å². The number of aryl methyl sites for hydroxylation is 1. The number of carbonyl (C=O) groups is 2. The molecule has 0 saturated heterocycles. The van der Waals surface area contributed by atoms with Crippen molar-refractivity contribution in [2.75, 3.05) is 6.54 Å². The molecule has 1 heterocycles. The van der Waals surface area contributed by atoms with Gasteiger partial charge in [0.05, 0.1) is 23.1 Å². The predicted molar refractivity (Wildman–Crippen MR) is 93.2 cm³/mol. The number of hydrogen-bond acceptors (Lipinski definition) is 3. The van der Waals surface area contributed by atoms with E-state index in [9.17, 15) is 9.59 Å². The molecule has 1 aromatic carbocycles. The van der Waals surface area contributed by atoms with Crippen LogP contribution in [0, 0.1) is 6.92 Å². The summed E-state index contributed by atoms with van der Waals surface area (Å²) in [5, 5.41) is 7.22. The number of nitrogens with two attached hydrogens (primary N) is 1. The van der Waals surface area contributed by atoms with E-state index in [0.717, 1.165) is 11.4 Å². The minimum absolute atomic E-state index is 0.139. The van der Waals surface area contributed by atoms with E-state index in [-0.39, 0.29) is 24.2 Å². The maximum atomic E-state index is 12.4. The number of carbonyl (C=O) groups excluding carboxylic acids is 2. The summed E-state index contributed by atoms with van der Waals surface area (Å²) in [5.41, 5.74) is 8.62. The van der Waals surface area contributed by atoms with Crippen LogP contribution >= 0.6 is 0 Å². The van der Waals surface area contributed by atoms with Crippen LogP contribution in [0.3, 0.4) is 0 Å². The average Bonchev–Trinajstić information content (AvgIpc) is 2.97. The molecule has 128 valence electrons. The molecule has 0 atom stereocenters. The SMILES string of the molecule is Cc1ccc(-n2ncc(C(=O)NCCCC(N)=O)c2C(C)C)cc1. The summed E-state index contributed by atoms with van der Waals surface area (Å²) in [4.78, 5) is 23.2. The lowest BCUT2D eigenvalue weighted by Crippen LogP contribution is -2.26. The van der Waals surface area contributed by atoms with E-state index in [0.29, 0.717) is 18.5 Å². The third-order valence-corrected chi connectivity index (χ3v) is 3.76. The molecule has 0 radical (unpaired) electrons. The van der Waals surface area contributed by atoms with E-state index in [1.54, 1.807) is 6.20 Å². The van der Waals surface area contributed by atoms with E-state index in [4.69, 9.17) is 5.73 Å². The quantitative estimate of drug-likeness (QED) is 0.764. The molecule has 6 nitrogen and oxygen atoms in total. The Morgan fingerprint density at radius 3 is 2.50 bits per heavy atom. The molecule has 0 unspecified atom stereocenters. The van der Waals surface area contributed by atoms with E-state index in [2.05, 4.69) is 10.4 Å². The van der Waals surface area contributed by atoms with Gasteiger partial charge in [-0.2, -0.15) is 5.10 Å². The Kier molecular flexibility index (Phi) is 5.73. The number of nitrogens with zero attached hydrogens (tertiary/aromatic N) is 2. The molecule has 0 spiro atoms. The molecular weight excluding hydrogens is 304 g/mol. The van der Waals surface area contributed by atoms with Crippen molar-refractivity contribution in [3.05, 3.63) is 47.3 Å². The Morgan fingerprint density at radius 2 is 1.92 bits per heavy atom. The molecule has 2 aromatic rings. The van der Waals surface area contributed by atoms with Crippen molar-refractivity contribution in [3.63, 3.8) is 0 Å². The first-order valence-corrected chi connectivity index (χ1v) is 8.11. The van der Waals surface area contributed by atoms with Crippen LogP contribution in [0.2, 0.25) is 0 Å². The number of hydrogen-bond donors (Lipinski definition) is 2. The van der Waals surface area contributed by atoms with Crippen molar-refractivity contribution in [2.24, 2.45) is 5.73 Å². The van der Waals surface area contributed by atoms with Gasteiger partial charge in [-0.05, 0) is 31.4 Å². The lowest BCUT2D eigenvalue weighted by Gasteiger charge is -2.13. The number of benzene rings is 1. The molecule has 24 heavy (non-hydrogen) atoms. The van der Waals surface area contributed by atoms with Gasteiger partial charge >= 0.3 is 0 Å². The summed E-state index contributed by atoms with van der Waals surface area (Å²) in [6.07, 6.45) is 2.39. The molecular formula is C18H24N4O2. The largest absolute Gasteiger partial charge is 0.370 e. The van der Waals surface area contributed by atoms with Gasteiger partial charge in [-0.15, -0.1) is 0 Å². The van der Waals surface area contributed by atoms with Crippen LogP contribution in [-0.4, -0.2) is 28.1 Å². The van der Waals surface area contributed by atoms with Crippen molar-refractivity contribution in [1.82, 2.24) is 15.1 Å². The number of rotatable bonds is 7. The van der Waals surface area contributed by atoms with Gasteiger partial charge in [-0.1, -0.05) is 31.5 Å². The molecule has 6 heteroatoms. The number of nitrogens with one attached hydrogen (secondary N) is 1. The number of aromatic nitrogens is 2. The van der Waals surface area contributed by atoms with Crippen LogP contribution in [0.25, 0.3) is 5.69 Å². The first-order valence-electron chi connectivity index (χ1n) is 8.11. The molecule has 0 bridgehead atoms. The zero-order chi connectivity index (χ0) is 17.7. The molecule has 0 saturated carbocycles. The second-order valence-corrected chi connectivity index (χ2v) is 6.17. The monoisotopic (exact) mass is 328 g/mol. The van der Waals surface area contributed by atoms with Gasteiger partial charge in [0.25, 0.3) is 5.91 Å². The summed E-state index contributed by atoms with van der Waals surface area (Å²) in [7, 11) is 0. The van der Waals surface area contributed by atoms with E-state index < -0.39 is 0 Å². The Hall–Kier alpha value is -2.63. The molecule has 0 aliphatic rings. The Morgan fingerprint density at radius 1 is 1.25 bits per heavy atom. The highest BCUT2D eigenvalue weighted by Gasteiger charge is 2.20. The fraction of sp³-hybridized carbons (Fsp3) is 0.389. The van der Waals surface area contributed by atoms with Gasteiger partial charge < -0.3 is 11.1 Å². The Bertz CT molecular complexity index is 717. The third-order valence-electron chi connectivity index (χ3n) is 3.76. The van der Waals surface area contributed by atoms with Gasteiger partial charge in [-0.25, -0.2) is 4.68 Å². The van der Waals surface area contributed by atoms with Gasteiger partial charge in [0.2, 0.25) is 5.91 Å². The summed E-state index contributed by atoms with van der Waals surface area (Å²) >= 11 is 0. The van der Waals surface area contributed by atoms with E-state index >= 15 is 0 Å². The fourth-order valence-corrected chi connectivity index (χ4v) is 2.54. The lowest BCUT2D eigenvalue weighted by atomic mass is 10.0. The third kappa shape index (κ3) is 4.22. The van der Waals surface area contributed by atoms with Crippen LogP contribution in [0.15, 0.2) is 30.5 Å². The molecule has 0 aliphatic heterocycles. The topological polar surface area (TPSA) is 90.0 Å². The summed E-state index contributed by atoms with van der Waals surface area (Å²) < 4.78 is 1.81. The summed E-state index contributed by atoms with van der Waals surface area (Å²) in [6, 6.07) is 8.01. The van der Waals surface area contributed by atoms with Crippen LogP contribution in [0.5, 0.6) is 0 Å². The molecule has 1 aromatic heterocycles.